The van der Waals surface area contributed by atoms with Crippen LogP contribution in [-0.2, 0) is 6.42 Å². The number of nitro groups is 2. The van der Waals surface area contributed by atoms with Gasteiger partial charge < -0.3 is 4.90 Å². The molecule has 25 heavy (non-hydrogen) atoms. The smallest absolute Gasteiger partial charge is 0.279 e. The quantitative estimate of drug-likeness (QED) is 0.628. The van der Waals surface area contributed by atoms with Gasteiger partial charge in [-0.3, -0.25) is 25.0 Å². The second-order valence-electron chi connectivity index (χ2n) is 5.84. The lowest BCUT2D eigenvalue weighted by molar-refractivity contribution is -0.395. The summed E-state index contributed by atoms with van der Waals surface area (Å²) in [6, 6.07) is 9.65. The van der Waals surface area contributed by atoms with Gasteiger partial charge in [0.05, 0.1) is 15.4 Å². The lowest BCUT2D eigenvalue weighted by Crippen LogP contribution is -2.35. The Bertz CT molecular complexity index is 859. The molecule has 0 saturated heterocycles. The van der Waals surface area contributed by atoms with Crippen molar-refractivity contribution in [3.05, 3.63) is 73.3 Å². The molecule has 1 aliphatic rings. The van der Waals surface area contributed by atoms with Crippen LogP contribution in [0.1, 0.15) is 27.9 Å². The Balaban J connectivity index is 2.09. The molecular weight excluding hydrogens is 326 g/mol. The maximum absolute atomic E-state index is 12.9. The molecule has 2 aromatic carbocycles. The first-order valence-corrected chi connectivity index (χ1v) is 7.73. The Morgan fingerprint density at radius 2 is 1.68 bits per heavy atom. The fourth-order valence-electron chi connectivity index (χ4n) is 3.09. The van der Waals surface area contributed by atoms with E-state index < -0.39 is 27.1 Å². The molecule has 1 amide bonds. The Morgan fingerprint density at radius 1 is 1.08 bits per heavy atom. The number of rotatable bonds is 3. The van der Waals surface area contributed by atoms with Crippen molar-refractivity contribution in [2.75, 3.05) is 11.4 Å². The van der Waals surface area contributed by atoms with E-state index in [0.717, 1.165) is 36.2 Å². The second kappa shape index (κ2) is 6.31. The van der Waals surface area contributed by atoms with Gasteiger partial charge in [0.2, 0.25) is 0 Å². The first-order valence-electron chi connectivity index (χ1n) is 7.73. The van der Waals surface area contributed by atoms with Crippen molar-refractivity contribution in [3.8, 4) is 0 Å². The third-order valence-corrected chi connectivity index (χ3v) is 4.35. The molecule has 0 fully saturated rings. The molecule has 3 rings (SSSR count). The summed E-state index contributed by atoms with van der Waals surface area (Å²) in [7, 11) is 0. The topological polar surface area (TPSA) is 107 Å². The summed E-state index contributed by atoms with van der Waals surface area (Å²) in [5.41, 5.74) is 0.778. The molecule has 0 aliphatic carbocycles. The Hall–Kier alpha value is -3.29. The van der Waals surface area contributed by atoms with Crippen LogP contribution in [0.15, 0.2) is 36.4 Å². The second-order valence-corrected chi connectivity index (χ2v) is 5.84. The van der Waals surface area contributed by atoms with E-state index in [0.29, 0.717) is 6.54 Å². The molecule has 0 unspecified atom stereocenters. The van der Waals surface area contributed by atoms with Crippen LogP contribution in [0, 0.1) is 27.2 Å². The van der Waals surface area contributed by atoms with Crippen LogP contribution in [-0.4, -0.2) is 22.3 Å². The van der Waals surface area contributed by atoms with E-state index >= 15 is 0 Å². The monoisotopic (exact) mass is 341 g/mol. The zero-order valence-electron chi connectivity index (χ0n) is 13.5. The molecule has 128 valence electrons. The van der Waals surface area contributed by atoms with E-state index in [1.165, 1.54) is 11.8 Å². The van der Waals surface area contributed by atoms with Gasteiger partial charge in [-0.25, -0.2) is 0 Å². The van der Waals surface area contributed by atoms with Gasteiger partial charge in [-0.05, 0) is 31.4 Å². The van der Waals surface area contributed by atoms with Crippen molar-refractivity contribution < 1.29 is 14.6 Å². The van der Waals surface area contributed by atoms with Crippen LogP contribution in [0.3, 0.4) is 0 Å². The van der Waals surface area contributed by atoms with E-state index in [2.05, 4.69) is 0 Å². The minimum atomic E-state index is -0.705. The van der Waals surface area contributed by atoms with Crippen molar-refractivity contribution in [1.82, 2.24) is 0 Å². The van der Waals surface area contributed by atoms with Crippen LogP contribution in [0.5, 0.6) is 0 Å². The number of aryl methyl sites for hydroxylation is 1. The highest BCUT2D eigenvalue weighted by Gasteiger charge is 2.29. The van der Waals surface area contributed by atoms with Crippen LogP contribution in [0.25, 0.3) is 0 Å². The van der Waals surface area contributed by atoms with E-state index in [1.807, 2.05) is 24.3 Å². The number of carbonyl (C=O) groups is 1. The van der Waals surface area contributed by atoms with Crippen LogP contribution in [0.2, 0.25) is 0 Å². The molecule has 1 heterocycles. The molecule has 8 nitrogen and oxygen atoms in total. The molecule has 0 atom stereocenters. The lowest BCUT2D eigenvalue weighted by atomic mass is 10.00. The predicted molar refractivity (Wildman–Crippen MR) is 90.9 cm³/mol. The molecule has 2 aromatic rings. The molecule has 1 aliphatic heterocycles. The highest BCUT2D eigenvalue weighted by molar-refractivity contribution is 6.07. The number of hydrogen-bond donors (Lipinski definition) is 0. The number of anilines is 1. The molecule has 0 spiro atoms. The number of fused-ring (bicyclic) bond motifs is 1. The van der Waals surface area contributed by atoms with E-state index in [-0.39, 0.29) is 11.1 Å². The average Bonchev–Trinajstić information content (AvgIpc) is 2.60. The number of hydrogen-bond acceptors (Lipinski definition) is 5. The molecule has 8 heteroatoms. The fraction of sp³-hybridized carbons (Fsp3) is 0.235. The summed E-state index contributed by atoms with van der Waals surface area (Å²) in [6.07, 6.45) is 1.60. The van der Waals surface area contributed by atoms with Gasteiger partial charge in [0.1, 0.15) is 5.56 Å². The highest BCUT2D eigenvalue weighted by atomic mass is 16.6. The SMILES string of the molecule is Cc1c([N+](=O)[O-])cc(C(=O)N2CCCc3ccccc32)cc1[N+](=O)[O-]. The van der Waals surface area contributed by atoms with Crippen molar-refractivity contribution in [2.24, 2.45) is 0 Å². The maximum Gasteiger partial charge on any atom is 0.279 e. The summed E-state index contributed by atoms with van der Waals surface area (Å²) >= 11 is 0. The van der Waals surface area contributed by atoms with E-state index in [4.69, 9.17) is 0 Å². The summed E-state index contributed by atoms with van der Waals surface area (Å²) in [4.78, 5) is 35.4. The van der Waals surface area contributed by atoms with Gasteiger partial charge in [-0.1, -0.05) is 18.2 Å². The molecule has 0 aromatic heterocycles. The summed E-state index contributed by atoms with van der Waals surface area (Å²) in [6.45, 7) is 1.77. The lowest BCUT2D eigenvalue weighted by Gasteiger charge is -2.29. The number of para-hydroxylation sites is 1. The van der Waals surface area contributed by atoms with Crippen molar-refractivity contribution in [2.45, 2.75) is 19.8 Å². The maximum atomic E-state index is 12.9. The zero-order valence-corrected chi connectivity index (χ0v) is 13.5. The minimum absolute atomic E-state index is 0.0549. The van der Waals surface area contributed by atoms with Crippen molar-refractivity contribution >= 4 is 23.0 Å². The molecule has 0 N–H and O–H groups in total. The predicted octanol–water partition coefficient (Wildman–Crippen LogP) is 3.40. The first kappa shape index (κ1) is 16.6. The average molecular weight is 341 g/mol. The Labute approximate surface area is 143 Å². The van der Waals surface area contributed by atoms with Gasteiger partial charge in [0.25, 0.3) is 17.3 Å². The number of benzene rings is 2. The first-order chi connectivity index (χ1) is 11.9. The third-order valence-electron chi connectivity index (χ3n) is 4.35. The molecule has 0 radical (unpaired) electrons. The van der Waals surface area contributed by atoms with Gasteiger partial charge in [-0.2, -0.15) is 0 Å². The standard InChI is InChI=1S/C17H15N3O5/c1-11-15(19(22)23)9-13(10-16(11)20(24)25)17(21)18-8-4-6-12-5-2-3-7-14(12)18/h2-3,5,7,9-10H,4,6,8H2,1H3. The van der Waals surface area contributed by atoms with Gasteiger partial charge >= 0.3 is 0 Å². The molecular formula is C17H15N3O5. The summed E-state index contributed by atoms with van der Waals surface area (Å²) in [5.74, 6) is -0.474. The molecule has 0 bridgehead atoms. The summed E-state index contributed by atoms with van der Waals surface area (Å²) < 4.78 is 0. The Kier molecular flexibility index (Phi) is 4.18. The molecule has 0 saturated carbocycles. The number of amides is 1. The van der Waals surface area contributed by atoms with Gasteiger partial charge in [0.15, 0.2) is 0 Å². The van der Waals surface area contributed by atoms with Gasteiger partial charge in [0, 0.05) is 24.4 Å². The van der Waals surface area contributed by atoms with Crippen molar-refractivity contribution in [1.29, 1.82) is 0 Å². The third kappa shape index (κ3) is 2.93. The number of nitrogens with zero attached hydrogens (tertiary/aromatic N) is 3. The van der Waals surface area contributed by atoms with E-state index in [9.17, 15) is 25.0 Å². The fourth-order valence-corrected chi connectivity index (χ4v) is 3.09. The Morgan fingerprint density at radius 3 is 2.28 bits per heavy atom. The zero-order chi connectivity index (χ0) is 18.1. The normalized spacial score (nSPS) is 13.2. The highest BCUT2D eigenvalue weighted by Crippen LogP contribution is 2.32. The number of carbonyl (C=O) groups excluding carboxylic acids is 1. The minimum Gasteiger partial charge on any atom is -0.308 e. The van der Waals surface area contributed by atoms with Crippen LogP contribution >= 0.6 is 0 Å². The van der Waals surface area contributed by atoms with Crippen LogP contribution in [0.4, 0.5) is 17.1 Å². The van der Waals surface area contributed by atoms with Crippen LogP contribution < -0.4 is 4.90 Å². The van der Waals surface area contributed by atoms with Gasteiger partial charge in [-0.15, -0.1) is 0 Å². The largest absolute Gasteiger partial charge is 0.308 e. The summed E-state index contributed by atoms with van der Waals surface area (Å²) in [5, 5.41) is 22.4. The van der Waals surface area contributed by atoms with E-state index in [1.54, 1.807) is 0 Å². The number of nitro benzene ring substituents is 2. The van der Waals surface area contributed by atoms with Crippen molar-refractivity contribution in [3.63, 3.8) is 0 Å².